The van der Waals surface area contributed by atoms with Gasteiger partial charge in [-0.25, -0.2) is 4.98 Å². The molecule has 3 heterocycles. The fourth-order valence-electron chi connectivity index (χ4n) is 2.70. The molecule has 0 spiro atoms. The second-order valence-corrected chi connectivity index (χ2v) is 6.36. The van der Waals surface area contributed by atoms with Crippen LogP contribution in [0.25, 0.3) is 0 Å². The zero-order valence-electron chi connectivity index (χ0n) is 14.5. The van der Waals surface area contributed by atoms with E-state index >= 15 is 0 Å². The number of anilines is 1. The lowest BCUT2D eigenvalue weighted by Crippen LogP contribution is -2.46. The summed E-state index contributed by atoms with van der Waals surface area (Å²) in [6.45, 7) is 8.52. The van der Waals surface area contributed by atoms with Crippen molar-refractivity contribution in [1.29, 1.82) is 0 Å². The van der Waals surface area contributed by atoms with Crippen LogP contribution in [0.5, 0.6) is 5.88 Å². The number of methoxy groups -OCH3 is 1. The first-order chi connectivity index (χ1) is 11.6. The van der Waals surface area contributed by atoms with E-state index in [1.165, 1.54) is 0 Å². The molecule has 8 heteroatoms. The zero-order chi connectivity index (χ0) is 16.9. The largest absolute Gasteiger partial charge is 0.481 e. The molecule has 0 aliphatic carbocycles. The summed E-state index contributed by atoms with van der Waals surface area (Å²) in [5.74, 6) is 3.32. The van der Waals surface area contributed by atoms with Gasteiger partial charge in [-0.05, 0) is 5.92 Å². The van der Waals surface area contributed by atoms with E-state index in [0.29, 0.717) is 30.2 Å². The SMILES string of the molecule is COc1ccnc(N2CCN(Cc3nc(CC(C)C)no3)CC2)n1. The summed E-state index contributed by atoms with van der Waals surface area (Å²) in [5, 5.41) is 4.05. The van der Waals surface area contributed by atoms with E-state index in [1.807, 2.05) is 0 Å². The van der Waals surface area contributed by atoms with Crippen molar-refractivity contribution in [3.63, 3.8) is 0 Å². The third-order valence-electron chi connectivity index (χ3n) is 3.94. The average molecular weight is 332 g/mol. The average Bonchev–Trinajstić information content (AvgIpc) is 3.01. The highest BCUT2D eigenvalue weighted by Crippen LogP contribution is 2.15. The first-order valence-electron chi connectivity index (χ1n) is 8.30. The van der Waals surface area contributed by atoms with Crippen molar-refractivity contribution in [2.45, 2.75) is 26.8 Å². The molecule has 1 aliphatic heterocycles. The van der Waals surface area contributed by atoms with Gasteiger partial charge in [0.2, 0.25) is 17.7 Å². The molecule has 2 aromatic heterocycles. The maximum atomic E-state index is 5.35. The standard InChI is InChI=1S/C16H24N6O2/c1-12(2)10-13-18-15(24-20-13)11-21-6-8-22(9-7-21)16-17-5-4-14(19-16)23-3/h4-5,12H,6-11H2,1-3H3. The van der Waals surface area contributed by atoms with Crippen molar-refractivity contribution in [3.05, 3.63) is 24.0 Å². The van der Waals surface area contributed by atoms with Gasteiger partial charge in [0.25, 0.3) is 0 Å². The Kier molecular flexibility index (Phi) is 5.24. The molecule has 1 fully saturated rings. The van der Waals surface area contributed by atoms with Crippen molar-refractivity contribution in [1.82, 2.24) is 25.0 Å². The Morgan fingerprint density at radius 2 is 2.00 bits per heavy atom. The van der Waals surface area contributed by atoms with Crippen molar-refractivity contribution >= 4 is 5.95 Å². The summed E-state index contributed by atoms with van der Waals surface area (Å²) in [4.78, 5) is 17.7. The Bertz CT molecular complexity index is 652. The Hall–Kier alpha value is -2.22. The molecule has 3 rings (SSSR count). The number of aromatic nitrogens is 4. The molecule has 24 heavy (non-hydrogen) atoms. The van der Waals surface area contributed by atoms with Crippen molar-refractivity contribution in [2.75, 3.05) is 38.2 Å². The molecule has 0 saturated carbocycles. The number of hydrogen-bond donors (Lipinski definition) is 0. The molecule has 8 nitrogen and oxygen atoms in total. The van der Waals surface area contributed by atoms with E-state index in [2.05, 4.69) is 43.8 Å². The topological polar surface area (TPSA) is 80.4 Å². The Balaban J connectivity index is 1.52. The minimum Gasteiger partial charge on any atom is -0.481 e. The highest BCUT2D eigenvalue weighted by Gasteiger charge is 2.21. The second-order valence-electron chi connectivity index (χ2n) is 6.36. The van der Waals surface area contributed by atoms with Crippen LogP contribution in [-0.4, -0.2) is 58.3 Å². The monoisotopic (exact) mass is 332 g/mol. The fraction of sp³-hybridized carbons (Fsp3) is 0.625. The molecule has 1 saturated heterocycles. The van der Waals surface area contributed by atoms with Crippen LogP contribution in [0.2, 0.25) is 0 Å². The zero-order valence-corrected chi connectivity index (χ0v) is 14.5. The van der Waals surface area contributed by atoms with Crippen molar-refractivity contribution in [3.8, 4) is 5.88 Å². The second kappa shape index (κ2) is 7.57. The van der Waals surface area contributed by atoms with E-state index in [9.17, 15) is 0 Å². The summed E-state index contributed by atoms with van der Waals surface area (Å²) in [6, 6.07) is 1.75. The Morgan fingerprint density at radius 1 is 1.21 bits per heavy atom. The van der Waals surface area contributed by atoms with Crippen LogP contribution in [0.3, 0.4) is 0 Å². The Labute approximate surface area is 141 Å². The van der Waals surface area contributed by atoms with E-state index < -0.39 is 0 Å². The van der Waals surface area contributed by atoms with Gasteiger partial charge >= 0.3 is 0 Å². The molecule has 0 unspecified atom stereocenters. The highest BCUT2D eigenvalue weighted by molar-refractivity contribution is 5.32. The summed E-state index contributed by atoms with van der Waals surface area (Å²) in [5.41, 5.74) is 0. The number of nitrogens with zero attached hydrogens (tertiary/aromatic N) is 6. The number of rotatable bonds is 6. The van der Waals surface area contributed by atoms with E-state index in [0.717, 1.165) is 38.4 Å². The van der Waals surface area contributed by atoms with Gasteiger partial charge in [0.15, 0.2) is 5.82 Å². The molecule has 0 aromatic carbocycles. The summed E-state index contributed by atoms with van der Waals surface area (Å²) in [6.07, 6.45) is 2.58. The maximum absolute atomic E-state index is 5.35. The minimum absolute atomic E-state index is 0.529. The minimum atomic E-state index is 0.529. The van der Waals surface area contributed by atoms with Gasteiger partial charge in [-0.3, -0.25) is 4.90 Å². The quantitative estimate of drug-likeness (QED) is 0.785. The van der Waals surface area contributed by atoms with E-state index in [1.54, 1.807) is 19.4 Å². The van der Waals surface area contributed by atoms with Gasteiger partial charge in [-0.2, -0.15) is 9.97 Å². The lowest BCUT2D eigenvalue weighted by Gasteiger charge is -2.33. The Morgan fingerprint density at radius 3 is 2.71 bits per heavy atom. The highest BCUT2D eigenvalue weighted by atomic mass is 16.5. The van der Waals surface area contributed by atoms with Crippen LogP contribution < -0.4 is 9.64 Å². The summed E-state index contributed by atoms with van der Waals surface area (Å²) < 4.78 is 10.5. The van der Waals surface area contributed by atoms with Gasteiger partial charge in [0.05, 0.1) is 13.7 Å². The van der Waals surface area contributed by atoms with Gasteiger partial charge in [-0.1, -0.05) is 19.0 Å². The lowest BCUT2D eigenvalue weighted by molar-refractivity contribution is 0.214. The molecule has 0 amide bonds. The van der Waals surface area contributed by atoms with Crippen molar-refractivity contribution in [2.24, 2.45) is 5.92 Å². The summed E-state index contributed by atoms with van der Waals surface area (Å²) in [7, 11) is 1.61. The van der Waals surface area contributed by atoms with Crippen LogP contribution >= 0.6 is 0 Å². The van der Waals surface area contributed by atoms with E-state index in [4.69, 9.17) is 9.26 Å². The predicted molar refractivity (Wildman–Crippen MR) is 88.9 cm³/mol. The third-order valence-corrected chi connectivity index (χ3v) is 3.94. The van der Waals surface area contributed by atoms with Gasteiger partial charge in [0, 0.05) is 44.9 Å². The smallest absolute Gasteiger partial charge is 0.240 e. The van der Waals surface area contributed by atoms with Crippen LogP contribution in [0.15, 0.2) is 16.8 Å². The predicted octanol–water partition coefficient (Wildman–Crippen LogP) is 1.39. The van der Waals surface area contributed by atoms with Gasteiger partial charge in [0.1, 0.15) is 0 Å². The van der Waals surface area contributed by atoms with Gasteiger partial charge < -0.3 is 14.2 Å². The van der Waals surface area contributed by atoms with Gasteiger partial charge in [-0.15, -0.1) is 0 Å². The fourth-order valence-corrected chi connectivity index (χ4v) is 2.70. The normalized spacial score (nSPS) is 15.9. The molecule has 0 atom stereocenters. The molecular weight excluding hydrogens is 308 g/mol. The molecule has 0 radical (unpaired) electrons. The number of hydrogen-bond acceptors (Lipinski definition) is 8. The summed E-state index contributed by atoms with van der Waals surface area (Å²) >= 11 is 0. The van der Waals surface area contributed by atoms with Crippen LogP contribution in [-0.2, 0) is 13.0 Å². The molecular formula is C16H24N6O2. The first-order valence-corrected chi connectivity index (χ1v) is 8.30. The van der Waals surface area contributed by atoms with E-state index in [-0.39, 0.29) is 0 Å². The molecule has 130 valence electrons. The van der Waals surface area contributed by atoms with Crippen LogP contribution in [0, 0.1) is 5.92 Å². The number of piperazine rings is 1. The first kappa shape index (κ1) is 16.6. The van der Waals surface area contributed by atoms with Crippen LogP contribution in [0.4, 0.5) is 5.95 Å². The maximum Gasteiger partial charge on any atom is 0.240 e. The lowest BCUT2D eigenvalue weighted by atomic mass is 10.1. The van der Waals surface area contributed by atoms with Crippen LogP contribution in [0.1, 0.15) is 25.6 Å². The number of ether oxygens (including phenoxy) is 1. The third kappa shape index (κ3) is 4.19. The van der Waals surface area contributed by atoms with Crippen molar-refractivity contribution < 1.29 is 9.26 Å². The molecule has 0 bridgehead atoms. The molecule has 0 N–H and O–H groups in total. The molecule has 2 aromatic rings. The molecule has 1 aliphatic rings.